The smallest absolute Gasteiger partial charge is 0.354 e. The monoisotopic (exact) mass is 384 g/mol. The number of pyridine rings is 1. The van der Waals surface area contributed by atoms with Gasteiger partial charge < -0.3 is 4.90 Å². The first-order chi connectivity index (χ1) is 13.4. The minimum Gasteiger partial charge on any atom is -0.354 e. The summed E-state index contributed by atoms with van der Waals surface area (Å²) in [5, 5.41) is 0. The van der Waals surface area contributed by atoms with Gasteiger partial charge in [0, 0.05) is 18.4 Å². The maximum Gasteiger partial charge on any atom is 0.416 e. The lowest BCUT2D eigenvalue weighted by Crippen LogP contribution is -2.33. The number of para-hydroxylation sites is 1. The summed E-state index contributed by atoms with van der Waals surface area (Å²) in [6, 6.07) is 14.6. The van der Waals surface area contributed by atoms with Crippen LogP contribution in [0.4, 0.5) is 23.2 Å². The molecule has 0 fully saturated rings. The van der Waals surface area contributed by atoms with Crippen molar-refractivity contribution in [3.63, 3.8) is 0 Å². The number of alkyl halides is 3. The van der Waals surface area contributed by atoms with Crippen LogP contribution in [-0.2, 0) is 6.18 Å². The molecule has 4 rings (SSSR count). The van der Waals surface area contributed by atoms with Crippen LogP contribution in [0.2, 0.25) is 0 Å². The Balaban J connectivity index is 1.85. The van der Waals surface area contributed by atoms with Crippen LogP contribution >= 0.6 is 0 Å². The van der Waals surface area contributed by atoms with E-state index in [9.17, 15) is 17.6 Å². The molecule has 1 aromatic heterocycles. The van der Waals surface area contributed by atoms with Crippen molar-refractivity contribution in [3.05, 3.63) is 101 Å². The molecule has 1 aliphatic heterocycles. The van der Waals surface area contributed by atoms with Crippen molar-refractivity contribution in [2.24, 2.45) is 0 Å². The highest BCUT2D eigenvalue weighted by Crippen LogP contribution is 2.38. The first-order valence-corrected chi connectivity index (χ1v) is 8.75. The van der Waals surface area contributed by atoms with Crippen LogP contribution in [0.15, 0.2) is 72.9 Å². The van der Waals surface area contributed by atoms with Crippen molar-refractivity contribution in [2.75, 3.05) is 11.4 Å². The van der Waals surface area contributed by atoms with Crippen molar-refractivity contribution < 1.29 is 17.6 Å². The molecule has 1 aliphatic rings. The molecule has 0 aliphatic carbocycles. The van der Waals surface area contributed by atoms with Gasteiger partial charge in [-0.3, -0.25) is 4.98 Å². The Labute approximate surface area is 159 Å². The minimum absolute atomic E-state index is 0.173. The molecule has 2 nitrogen and oxygen atoms in total. The van der Waals surface area contributed by atoms with Crippen molar-refractivity contribution in [2.45, 2.75) is 12.2 Å². The number of rotatable bonds is 3. The van der Waals surface area contributed by atoms with Crippen LogP contribution in [-0.4, -0.2) is 11.5 Å². The maximum absolute atomic E-state index is 14.6. The van der Waals surface area contributed by atoms with E-state index in [0.717, 1.165) is 23.4 Å². The molecule has 2 aromatic carbocycles. The van der Waals surface area contributed by atoms with Crippen molar-refractivity contribution in [1.82, 2.24) is 4.98 Å². The summed E-state index contributed by atoms with van der Waals surface area (Å²) in [5.74, 6) is -0.501. The van der Waals surface area contributed by atoms with Gasteiger partial charge in [0.2, 0.25) is 0 Å². The van der Waals surface area contributed by atoms with Crippen LogP contribution in [0.5, 0.6) is 0 Å². The fourth-order valence-corrected chi connectivity index (χ4v) is 3.47. The highest BCUT2D eigenvalue weighted by atomic mass is 19.4. The highest BCUT2D eigenvalue weighted by molar-refractivity contribution is 5.72. The van der Waals surface area contributed by atoms with E-state index in [4.69, 9.17) is 0 Å². The van der Waals surface area contributed by atoms with Gasteiger partial charge in [-0.25, -0.2) is 4.39 Å². The predicted molar refractivity (Wildman–Crippen MR) is 100 cm³/mol. The summed E-state index contributed by atoms with van der Waals surface area (Å²) < 4.78 is 53.5. The number of anilines is 1. The first kappa shape index (κ1) is 18.2. The molecule has 0 spiro atoms. The Morgan fingerprint density at radius 3 is 2.39 bits per heavy atom. The van der Waals surface area contributed by atoms with E-state index in [1.54, 1.807) is 0 Å². The third kappa shape index (κ3) is 3.38. The zero-order valence-corrected chi connectivity index (χ0v) is 14.7. The second-order valence-corrected chi connectivity index (χ2v) is 6.51. The van der Waals surface area contributed by atoms with Gasteiger partial charge in [0.25, 0.3) is 0 Å². The Morgan fingerprint density at radius 1 is 0.929 bits per heavy atom. The van der Waals surface area contributed by atoms with Crippen LogP contribution < -0.4 is 4.90 Å². The first-order valence-electron chi connectivity index (χ1n) is 8.75. The lowest BCUT2D eigenvalue weighted by molar-refractivity contribution is -0.137. The molecule has 0 N–H and O–H groups in total. The second-order valence-electron chi connectivity index (χ2n) is 6.51. The molecule has 28 heavy (non-hydrogen) atoms. The molecular weight excluding hydrogens is 368 g/mol. The van der Waals surface area contributed by atoms with Crippen molar-refractivity contribution in [1.29, 1.82) is 0 Å². The third-order valence-corrected chi connectivity index (χ3v) is 4.76. The maximum atomic E-state index is 14.6. The van der Waals surface area contributed by atoms with E-state index in [2.05, 4.69) is 4.98 Å². The van der Waals surface area contributed by atoms with Gasteiger partial charge in [-0.1, -0.05) is 42.5 Å². The predicted octanol–water partition coefficient (Wildman–Crippen LogP) is 5.86. The molecule has 1 atom stereocenters. The van der Waals surface area contributed by atoms with E-state index in [1.165, 1.54) is 30.5 Å². The van der Waals surface area contributed by atoms with E-state index < -0.39 is 23.6 Å². The van der Waals surface area contributed by atoms with Gasteiger partial charge in [-0.15, -0.1) is 0 Å². The van der Waals surface area contributed by atoms with Crippen LogP contribution in [0.25, 0.3) is 6.08 Å². The minimum atomic E-state index is -4.43. The van der Waals surface area contributed by atoms with E-state index in [0.29, 0.717) is 12.1 Å². The molecule has 0 radical (unpaired) electrons. The third-order valence-electron chi connectivity index (χ3n) is 4.76. The van der Waals surface area contributed by atoms with Crippen LogP contribution in [0, 0.1) is 5.82 Å². The second kappa shape index (κ2) is 7.11. The van der Waals surface area contributed by atoms with Gasteiger partial charge in [-0.05, 0) is 41.5 Å². The standard InChI is InChI=1S/C22H16F4N2/c23-18-7-3-13-27-20(18)21(16-9-11-17(12-10-16)22(24,25)26)28-14-4-6-15-5-1-2-8-19(15)28/h1-13,21H,14H2. The summed E-state index contributed by atoms with van der Waals surface area (Å²) in [7, 11) is 0. The number of aromatic nitrogens is 1. The van der Waals surface area contributed by atoms with Gasteiger partial charge in [-0.2, -0.15) is 13.2 Å². The number of hydrogen-bond donors (Lipinski definition) is 0. The molecule has 0 bridgehead atoms. The average Bonchev–Trinajstić information content (AvgIpc) is 2.69. The fourth-order valence-electron chi connectivity index (χ4n) is 3.47. The topological polar surface area (TPSA) is 16.1 Å². The molecular formula is C22H16F4N2. The quantitative estimate of drug-likeness (QED) is 0.526. The van der Waals surface area contributed by atoms with Gasteiger partial charge >= 0.3 is 6.18 Å². The normalized spacial score (nSPS) is 14.6. The fraction of sp³-hybridized carbons (Fsp3) is 0.136. The molecule has 2 heterocycles. The van der Waals surface area contributed by atoms with E-state index in [1.807, 2.05) is 41.3 Å². The Bertz CT molecular complexity index is 1010. The average molecular weight is 384 g/mol. The van der Waals surface area contributed by atoms with Crippen molar-refractivity contribution in [3.8, 4) is 0 Å². The largest absolute Gasteiger partial charge is 0.416 e. The Morgan fingerprint density at radius 2 is 1.68 bits per heavy atom. The van der Waals surface area contributed by atoms with E-state index >= 15 is 0 Å². The summed E-state index contributed by atoms with van der Waals surface area (Å²) in [6.45, 7) is 0.485. The molecule has 0 saturated carbocycles. The van der Waals surface area contributed by atoms with Gasteiger partial charge in [0.05, 0.1) is 11.6 Å². The van der Waals surface area contributed by atoms with E-state index in [-0.39, 0.29) is 5.69 Å². The number of halogens is 4. The number of benzene rings is 2. The van der Waals surface area contributed by atoms with Crippen LogP contribution in [0.3, 0.4) is 0 Å². The Hall–Kier alpha value is -3.15. The molecule has 0 saturated heterocycles. The van der Waals surface area contributed by atoms with Crippen molar-refractivity contribution >= 4 is 11.8 Å². The molecule has 6 heteroatoms. The lowest BCUT2D eigenvalue weighted by atomic mass is 9.96. The molecule has 1 unspecified atom stereocenters. The SMILES string of the molecule is Fc1cccnc1C(c1ccc(C(F)(F)F)cc1)N1CC=Cc2ccccc21. The van der Waals surface area contributed by atoms with Gasteiger partial charge in [0.1, 0.15) is 11.5 Å². The summed E-state index contributed by atoms with van der Waals surface area (Å²) in [6.07, 6.45) is 0.983. The van der Waals surface area contributed by atoms with Crippen LogP contribution in [0.1, 0.15) is 28.4 Å². The molecule has 0 amide bonds. The summed E-state index contributed by atoms with van der Waals surface area (Å²) in [4.78, 5) is 6.16. The van der Waals surface area contributed by atoms with Gasteiger partial charge in [0.15, 0.2) is 0 Å². The number of hydrogen-bond acceptors (Lipinski definition) is 2. The number of fused-ring (bicyclic) bond motifs is 1. The molecule has 142 valence electrons. The lowest BCUT2D eigenvalue weighted by Gasteiger charge is -2.36. The molecule has 3 aromatic rings. The highest BCUT2D eigenvalue weighted by Gasteiger charge is 2.32. The zero-order valence-electron chi connectivity index (χ0n) is 14.7. The summed E-state index contributed by atoms with van der Waals surface area (Å²) >= 11 is 0. The Kier molecular flexibility index (Phi) is 4.63. The summed E-state index contributed by atoms with van der Waals surface area (Å²) in [5.41, 5.74) is 1.81. The number of nitrogens with zero attached hydrogens (tertiary/aromatic N) is 2. The zero-order chi connectivity index (χ0) is 19.7.